The summed E-state index contributed by atoms with van der Waals surface area (Å²) in [7, 11) is 0. The van der Waals surface area contributed by atoms with Gasteiger partial charge in [0.1, 0.15) is 4.32 Å². The second-order valence-electron chi connectivity index (χ2n) is 2.03. The summed E-state index contributed by atoms with van der Waals surface area (Å²) < 4.78 is 0.194. The molecule has 1 rings (SSSR count). The highest BCUT2D eigenvalue weighted by atomic mass is 32.1. The van der Waals surface area contributed by atoms with Crippen LogP contribution < -0.4 is 11.5 Å². The van der Waals surface area contributed by atoms with Crippen LogP contribution >= 0.6 is 24.8 Å². The lowest BCUT2D eigenvalue weighted by Gasteiger charge is -1.90. The van der Waals surface area contributed by atoms with Crippen molar-refractivity contribution in [1.29, 1.82) is 0 Å². The van der Waals surface area contributed by atoms with E-state index in [0.717, 1.165) is 0 Å². The number of hydrogen-bond donors (Lipinski definition) is 3. The monoisotopic (exact) mass is 200 g/mol. The van der Waals surface area contributed by atoms with E-state index in [0.29, 0.717) is 6.54 Å². The van der Waals surface area contributed by atoms with Crippen LogP contribution in [0.25, 0.3) is 0 Å². The molecule has 12 heavy (non-hydrogen) atoms. The molecule has 0 bridgehead atoms. The molecule has 0 radical (unpaired) electrons. The highest BCUT2D eigenvalue weighted by Gasteiger charge is 1.80. The van der Waals surface area contributed by atoms with E-state index in [2.05, 4.69) is 24.8 Å². The van der Waals surface area contributed by atoms with Gasteiger partial charge < -0.3 is 11.5 Å². The molecular formula is C8H12N2S2. The second kappa shape index (κ2) is 7.09. The Balaban J connectivity index is 0.000000261. The standard InChI is InChI=1S/C7H9N.CH3NS2/c8-6-7-4-2-1-3-5-7;2-1(3)4/h1-5H,6,8H2;(H3,2,3,4). The third-order valence-corrected chi connectivity index (χ3v) is 1.08. The number of thiocarbonyl (C=S) groups is 1. The van der Waals surface area contributed by atoms with Gasteiger partial charge in [-0.2, -0.15) is 0 Å². The fraction of sp³-hybridized carbons (Fsp3) is 0.125. The lowest BCUT2D eigenvalue weighted by atomic mass is 10.2. The van der Waals surface area contributed by atoms with Gasteiger partial charge in [0.25, 0.3) is 0 Å². The Bertz CT molecular complexity index is 220. The normalized spacial score (nSPS) is 8.17. The van der Waals surface area contributed by atoms with Crippen LogP contribution in [0.4, 0.5) is 0 Å². The van der Waals surface area contributed by atoms with Crippen LogP contribution in [0.1, 0.15) is 5.56 Å². The van der Waals surface area contributed by atoms with E-state index in [9.17, 15) is 0 Å². The SMILES string of the molecule is NC(=S)S.NCc1ccccc1. The molecule has 4 heteroatoms. The molecule has 1 aromatic carbocycles. The highest BCUT2D eigenvalue weighted by Crippen LogP contribution is 1.94. The van der Waals surface area contributed by atoms with Crippen molar-refractivity contribution in [3.8, 4) is 0 Å². The zero-order valence-electron chi connectivity index (χ0n) is 6.60. The van der Waals surface area contributed by atoms with Crippen molar-refractivity contribution in [3.05, 3.63) is 35.9 Å². The Labute approximate surface area is 83.4 Å². The van der Waals surface area contributed by atoms with Crippen molar-refractivity contribution in [2.75, 3.05) is 0 Å². The average molecular weight is 200 g/mol. The second-order valence-corrected chi connectivity index (χ2v) is 3.25. The largest absolute Gasteiger partial charge is 0.385 e. The number of thiol groups is 1. The fourth-order valence-electron chi connectivity index (χ4n) is 0.614. The summed E-state index contributed by atoms with van der Waals surface area (Å²) in [6, 6.07) is 9.99. The van der Waals surface area contributed by atoms with Crippen molar-refractivity contribution < 1.29 is 0 Å². The molecule has 0 saturated heterocycles. The van der Waals surface area contributed by atoms with Gasteiger partial charge in [-0.15, -0.1) is 12.6 Å². The zero-order valence-corrected chi connectivity index (χ0v) is 8.31. The Kier molecular flexibility index (Phi) is 6.75. The minimum atomic E-state index is 0.194. The maximum atomic E-state index is 5.35. The van der Waals surface area contributed by atoms with E-state index in [1.807, 2.05) is 30.3 Å². The molecule has 0 atom stereocenters. The van der Waals surface area contributed by atoms with Gasteiger partial charge >= 0.3 is 0 Å². The topological polar surface area (TPSA) is 52.0 Å². The Morgan fingerprint density at radius 2 is 1.75 bits per heavy atom. The summed E-state index contributed by atoms with van der Waals surface area (Å²) >= 11 is 7.65. The summed E-state index contributed by atoms with van der Waals surface area (Å²) in [6.45, 7) is 0.640. The molecule has 0 aromatic heterocycles. The Hall–Kier alpha value is -0.580. The molecule has 0 aliphatic carbocycles. The Morgan fingerprint density at radius 3 is 2.00 bits per heavy atom. The van der Waals surface area contributed by atoms with Crippen LogP contribution in [0.3, 0.4) is 0 Å². The number of nitrogens with two attached hydrogens (primary N) is 2. The van der Waals surface area contributed by atoms with Crippen molar-refractivity contribution in [2.24, 2.45) is 11.5 Å². The summed E-state index contributed by atoms with van der Waals surface area (Å²) in [4.78, 5) is 0. The van der Waals surface area contributed by atoms with Crippen molar-refractivity contribution >= 4 is 29.2 Å². The molecule has 0 spiro atoms. The van der Waals surface area contributed by atoms with Crippen LogP contribution in [0.15, 0.2) is 30.3 Å². The maximum Gasteiger partial charge on any atom is 0.128 e. The van der Waals surface area contributed by atoms with Gasteiger partial charge in [-0.3, -0.25) is 0 Å². The van der Waals surface area contributed by atoms with Gasteiger partial charge in [0, 0.05) is 6.54 Å². The van der Waals surface area contributed by atoms with E-state index in [4.69, 9.17) is 11.5 Å². The van der Waals surface area contributed by atoms with Crippen LogP contribution in [0.5, 0.6) is 0 Å². The molecule has 0 heterocycles. The molecule has 4 N–H and O–H groups in total. The minimum Gasteiger partial charge on any atom is -0.385 e. The van der Waals surface area contributed by atoms with Crippen LogP contribution in [-0.4, -0.2) is 4.32 Å². The van der Waals surface area contributed by atoms with E-state index < -0.39 is 0 Å². The molecule has 0 fully saturated rings. The van der Waals surface area contributed by atoms with Gasteiger partial charge in [-0.1, -0.05) is 42.5 Å². The predicted octanol–water partition coefficient (Wildman–Crippen LogP) is 1.31. The lowest BCUT2D eigenvalue weighted by molar-refractivity contribution is 1.07. The number of benzene rings is 1. The molecule has 66 valence electrons. The van der Waals surface area contributed by atoms with Gasteiger partial charge in [-0.25, -0.2) is 0 Å². The predicted molar refractivity (Wildman–Crippen MR) is 60.1 cm³/mol. The number of rotatable bonds is 1. The number of hydrogen-bond acceptors (Lipinski definition) is 2. The van der Waals surface area contributed by atoms with Gasteiger partial charge in [0.2, 0.25) is 0 Å². The molecule has 0 unspecified atom stereocenters. The first-order chi connectivity index (χ1) is 5.66. The first kappa shape index (κ1) is 11.4. The van der Waals surface area contributed by atoms with E-state index in [-0.39, 0.29) is 4.32 Å². The first-order valence-electron chi connectivity index (χ1n) is 3.39. The molecule has 2 nitrogen and oxygen atoms in total. The van der Waals surface area contributed by atoms with Gasteiger partial charge in [-0.05, 0) is 5.56 Å². The van der Waals surface area contributed by atoms with Crippen LogP contribution in [-0.2, 0) is 6.54 Å². The van der Waals surface area contributed by atoms with E-state index in [1.165, 1.54) is 5.56 Å². The summed E-state index contributed by atoms with van der Waals surface area (Å²) in [5.74, 6) is 0. The Morgan fingerprint density at radius 1 is 1.33 bits per heavy atom. The molecule has 0 aliphatic heterocycles. The van der Waals surface area contributed by atoms with Crippen LogP contribution in [0.2, 0.25) is 0 Å². The molecule has 0 amide bonds. The lowest BCUT2D eigenvalue weighted by Crippen LogP contribution is -1.94. The van der Waals surface area contributed by atoms with E-state index in [1.54, 1.807) is 0 Å². The summed E-state index contributed by atoms with van der Waals surface area (Å²) in [5.41, 5.74) is 11.2. The van der Waals surface area contributed by atoms with E-state index >= 15 is 0 Å². The van der Waals surface area contributed by atoms with Crippen molar-refractivity contribution in [1.82, 2.24) is 0 Å². The molecule has 1 aromatic rings. The smallest absolute Gasteiger partial charge is 0.128 e. The quantitative estimate of drug-likeness (QED) is 0.473. The van der Waals surface area contributed by atoms with Crippen molar-refractivity contribution in [2.45, 2.75) is 6.54 Å². The summed E-state index contributed by atoms with van der Waals surface area (Å²) in [5, 5.41) is 0. The van der Waals surface area contributed by atoms with Crippen LogP contribution in [0, 0.1) is 0 Å². The minimum absolute atomic E-state index is 0.194. The van der Waals surface area contributed by atoms with Gasteiger partial charge in [0.15, 0.2) is 0 Å². The zero-order chi connectivity index (χ0) is 9.40. The fourth-order valence-corrected chi connectivity index (χ4v) is 0.614. The van der Waals surface area contributed by atoms with Crippen molar-refractivity contribution in [3.63, 3.8) is 0 Å². The third kappa shape index (κ3) is 7.53. The molecular weight excluding hydrogens is 188 g/mol. The van der Waals surface area contributed by atoms with Gasteiger partial charge in [0.05, 0.1) is 0 Å². The molecule has 0 saturated carbocycles. The first-order valence-corrected chi connectivity index (χ1v) is 4.24. The third-order valence-electron chi connectivity index (χ3n) is 1.08. The maximum absolute atomic E-state index is 5.35. The highest BCUT2D eigenvalue weighted by molar-refractivity contribution is 8.10. The average Bonchev–Trinajstić information content (AvgIpc) is 2.05. The summed E-state index contributed by atoms with van der Waals surface area (Å²) in [6.07, 6.45) is 0. The molecule has 0 aliphatic rings.